The SMILES string of the molecule is CC.CCc1ccc(OC(F)(F)F)cc1OC. The Morgan fingerprint density at radius 3 is 2.18 bits per heavy atom. The minimum atomic E-state index is -4.67. The van der Waals surface area contributed by atoms with Crippen LogP contribution in [0.3, 0.4) is 0 Å². The Bertz CT molecular complexity index is 335. The molecule has 1 rings (SSSR count). The average Bonchev–Trinajstić information content (AvgIpc) is 2.29. The van der Waals surface area contributed by atoms with Gasteiger partial charge in [0.05, 0.1) is 7.11 Å². The minimum Gasteiger partial charge on any atom is -0.496 e. The zero-order chi connectivity index (χ0) is 13.5. The number of aryl methyl sites for hydroxylation is 1. The Hall–Kier alpha value is -1.39. The molecule has 0 unspecified atom stereocenters. The van der Waals surface area contributed by atoms with Crippen LogP contribution >= 0.6 is 0 Å². The molecule has 0 saturated carbocycles. The molecule has 0 aliphatic heterocycles. The Morgan fingerprint density at radius 2 is 1.76 bits per heavy atom. The highest BCUT2D eigenvalue weighted by Crippen LogP contribution is 2.29. The topological polar surface area (TPSA) is 18.5 Å². The summed E-state index contributed by atoms with van der Waals surface area (Å²) in [5.41, 5.74) is 0.840. The molecule has 0 N–H and O–H groups in total. The van der Waals surface area contributed by atoms with E-state index in [1.807, 2.05) is 20.8 Å². The van der Waals surface area contributed by atoms with Gasteiger partial charge in [-0.1, -0.05) is 26.8 Å². The fourth-order valence-corrected chi connectivity index (χ4v) is 1.21. The zero-order valence-corrected chi connectivity index (χ0v) is 10.4. The molecule has 0 saturated heterocycles. The van der Waals surface area contributed by atoms with Crippen molar-refractivity contribution in [3.63, 3.8) is 0 Å². The number of rotatable bonds is 3. The minimum absolute atomic E-state index is 0.267. The molecule has 0 aliphatic rings. The summed E-state index contributed by atoms with van der Waals surface area (Å²) in [6, 6.07) is 4.06. The lowest BCUT2D eigenvalue weighted by atomic mass is 10.1. The van der Waals surface area contributed by atoms with E-state index in [9.17, 15) is 13.2 Å². The summed E-state index contributed by atoms with van der Waals surface area (Å²) in [7, 11) is 1.41. The highest BCUT2D eigenvalue weighted by molar-refractivity contribution is 5.40. The lowest BCUT2D eigenvalue weighted by Gasteiger charge is -2.11. The highest BCUT2D eigenvalue weighted by Gasteiger charge is 2.31. The molecule has 17 heavy (non-hydrogen) atoms. The Kier molecular flexibility index (Phi) is 6.46. The van der Waals surface area contributed by atoms with Gasteiger partial charge in [-0.05, 0) is 18.1 Å². The van der Waals surface area contributed by atoms with Gasteiger partial charge in [0, 0.05) is 6.07 Å². The average molecular weight is 250 g/mol. The summed E-state index contributed by atoms with van der Waals surface area (Å²) < 4.78 is 44.4. The molecular weight excluding hydrogens is 233 g/mol. The van der Waals surface area contributed by atoms with Gasteiger partial charge in [-0.2, -0.15) is 0 Å². The van der Waals surface area contributed by atoms with Crippen molar-refractivity contribution in [2.24, 2.45) is 0 Å². The predicted molar refractivity (Wildman–Crippen MR) is 60.4 cm³/mol. The van der Waals surface area contributed by atoms with Gasteiger partial charge in [0.1, 0.15) is 11.5 Å². The molecule has 0 radical (unpaired) electrons. The smallest absolute Gasteiger partial charge is 0.496 e. The van der Waals surface area contributed by atoms with Crippen molar-refractivity contribution >= 4 is 0 Å². The molecule has 0 aliphatic carbocycles. The molecule has 0 heterocycles. The molecule has 0 amide bonds. The van der Waals surface area contributed by atoms with Crippen LogP contribution in [0.1, 0.15) is 26.3 Å². The van der Waals surface area contributed by atoms with Crippen LogP contribution < -0.4 is 9.47 Å². The van der Waals surface area contributed by atoms with Crippen molar-refractivity contribution in [1.82, 2.24) is 0 Å². The van der Waals surface area contributed by atoms with Gasteiger partial charge in [0.2, 0.25) is 0 Å². The molecule has 98 valence electrons. The highest BCUT2D eigenvalue weighted by atomic mass is 19.4. The van der Waals surface area contributed by atoms with Crippen molar-refractivity contribution in [3.05, 3.63) is 23.8 Å². The molecule has 0 bridgehead atoms. The van der Waals surface area contributed by atoms with E-state index in [0.29, 0.717) is 12.2 Å². The number of benzene rings is 1. The molecule has 0 aromatic heterocycles. The fraction of sp³-hybridized carbons (Fsp3) is 0.500. The van der Waals surface area contributed by atoms with E-state index in [-0.39, 0.29) is 5.75 Å². The number of halogens is 3. The first-order valence-electron chi connectivity index (χ1n) is 5.39. The second-order valence-electron chi connectivity index (χ2n) is 2.88. The second kappa shape index (κ2) is 7.04. The number of hydrogen-bond donors (Lipinski definition) is 0. The maximum absolute atomic E-state index is 11.9. The summed E-state index contributed by atoms with van der Waals surface area (Å²) in [5.74, 6) is 0.135. The maximum Gasteiger partial charge on any atom is 0.573 e. The van der Waals surface area contributed by atoms with Crippen molar-refractivity contribution in [1.29, 1.82) is 0 Å². The Morgan fingerprint density at radius 1 is 1.18 bits per heavy atom. The summed E-state index contributed by atoms with van der Waals surface area (Å²) in [6.45, 7) is 5.89. The zero-order valence-electron chi connectivity index (χ0n) is 10.4. The van der Waals surface area contributed by atoms with Crippen LogP contribution in [0.2, 0.25) is 0 Å². The number of methoxy groups -OCH3 is 1. The molecule has 0 fully saturated rings. The Labute approximate surface area is 99.4 Å². The van der Waals surface area contributed by atoms with Gasteiger partial charge >= 0.3 is 6.36 Å². The second-order valence-corrected chi connectivity index (χ2v) is 2.88. The molecule has 0 atom stereocenters. The lowest BCUT2D eigenvalue weighted by Crippen LogP contribution is -2.17. The van der Waals surface area contributed by atoms with Gasteiger partial charge in [-0.25, -0.2) is 0 Å². The monoisotopic (exact) mass is 250 g/mol. The van der Waals surface area contributed by atoms with Crippen molar-refractivity contribution in [3.8, 4) is 11.5 Å². The van der Waals surface area contributed by atoms with E-state index >= 15 is 0 Å². The third kappa shape index (κ3) is 5.47. The summed E-state index contributed by atoms with van der Waals surface area (Å²) >= 11 is 0. The van der Waals surface area contributed by atoms with Gasteiger partial charge in [0.25, 0.3) is 0 Å². The van der Waals surface area contributed by atoms with E-state index in [0.717, 1.165) is 5.56 Å². The van der Waals surface area contributed by atoms with E-state index in [1.165, 1.54) is 19.2 Å². The van der Waals surface area contributed by atoms with Crippen molar-refractivity contribution < 1.29 is 22.6 Å². The van der Waals surface area contributed by atoms with Crippen molar-refractivity contribution in [2.75, 3.05) is 7.11 Å². The molecular formula is C12H17F3O2. The molecule has 2 nitrogen and oxygen atoms in total. The lowest BCUT2D eigenvalue weighted by molar-refractivity contribution is -0.274. The molecule has 5 heteroatoms. The van der Waals surface area contributed by atoms with Crippen LogP contribution in [0.25, 0.3) is 0 Å². The van der Waals surface area contributed by atoms with Crippen LogP contribution in [-0.4, -0.2) is 13.5 Å². The fourth-order valence-electron chi connectivity index (χ4n) is 1.21. The van der Waals surface area contributed by atoms with Gasteiger partial charge in [-0.15, -0.1) is 13.2 Å². The maximum atomic E-state index is 11.9. The summed E-state index contributed by atoms with van der Waals surface area (Å²) in [6.07, 6.45) is -3.98. The first-order valence-corrected chi connectivity index (χ1v) is 5.39. The Balaban J connectivity index is 0.00000121. The number of hydrogen-bond acceptors (Lipinski definition) is 2. The quantitative estimate of drug-likeness (QED) is 0.801. The molecule has 0 spiro atoms. The first kappa shape index (κ1) is 15.6. The van der Waals surface area contributed by atoms with Crippen LogP contribution in [0.15, 0.2) is 18.2 Å². The molecule has 1 aromatic carbocycles. The normalized spacial score (nSPS) is 10.3. The van der Waals surface area contributed by atoms with Gasteiger partial charge < -0.3 is 9.47 Å². The number of alkyl halides is 3. The van der Waals surface area contributed by atoms with Gasteiger partial charge in [0.15, 0.2) is 0 Å². The predicted octanol–water partition coefficient (Wildman–Crippen LogP) is 4.18. The van der Waals surface area contributed by atoms with E-state index in [2.05, 4.69) is 4.74 Å². The summed E-state index contributed by atoms with van der Waals surface area (Å²) in [5, 5.41) is 0. The van der Waals surface area contributed by atoms with Crippen LogP contribution in [0.4, 0.5) is 13.2 Å². The van der Waals surface area contributed by atoms with Crippen LogP contribution in [0.5, 0.6) is 11.5 Å². The molecule has 1 aromatic rings. The van der Waals surface area contributed by atoms with E-state index in [1.54, 1.807) is 6.07 Å². The van der Waals surface area contributed by atoms with Crippen LogP contribution in [0, 0.1) is 0 Å². The first-order chi connectivity index (χ1) is 7.96. The van der Waals surface area contributed by atoms with Crippen LogP contribution in [-0.2, 0) is 6.42 Å². The summed E-state index contributed by atoms with van der Waals surface area (Å²) in [4.78, 5) is 0. The van der Waals surface area contributed by atoms with Gasteiger partial charge in [-0.3, -0.25) is 0 Å². The third-order valence-corrected chi connectivity index (χ3v) is 1.87. The third-order valence-electron chi connectivity index (χ3n) is 1.87. The number of ether oxygens (including phenoxy) is 2. The standard InChI is InChI=1S/C10H11F3O2.C2H6/c1-3-7-4-5-8(6-9(7)14-2)15-10(11,12)13;1-2/h4-6H,3H2,1-2H3;1-2H3. The van der Waals surface area contributed by atoms with E-state index in [4.69, 9.17) is 4.74 Å². The van der Waals surface area contributed by atoms with E-state index < -0.39 is 6.36 Å². The largest absolute Gasteiger partial charge is 0.573 e. The van der Waals surface area contributed by atoms with Crippen molar-refractivity contribution in [2.45, 2.75) is 33.6 Å².